The lowest BCUT2D eigenvalue weighted by Gasteiger charge is -2.27. The van der Waals surface area contributed by atoms with Crippen molar-refractivity contribution in [2.75, 3.05) is 4.90 Å². The van der Waals surface area contributed by atoms with Crippen LogP contribution in [-0.2, 0) is 6.42 Å². The summed E-state index contributed by atoms with van der Waals surface area (Å²) in [6.07, 6.45) is 1.00. The Morgan fingerprint density at radius 2 is 0.845 bits per heavy atom. The van der Waals surface area contributed by atoms with Gasteiger partial charge in [-0.05, 0) is 137 Å². The van der Waals surface area contributed by atoms with Gasteiger partial charge in [-0.2, -0.15) is 0 Å². The number of hydrogen-bond acceptors (Lipinski definition) is 1. The lowest BCUT2D eigenvalue weighted by molar-refractivity contribution is 1.27. The van der Waals surface area contributed by atoms with Crippen molar-refractivity contribution in [1.29, 1.82) is 0 Å². The third-order valence-electron chi connectivity index (χ3n) is 11.9. The van der Waals surface area contributed by atoms with Gasteiger partial charge in [-0.1, -0.05) is 182 Å². The molecule has 0 amide bonds. The topological polar surface area (TPSA) is 3.24 Å². The van der Waals surface area contributed by atoms with E-state index >= 15 is 0 Å². The standard InChI is InChI=1S/C57H39N/c1-3-12-40(13-4-1)53-35-34-50(58(48-17-5-2-6-18-48)49-32-30-42(31-33-49)52-21-11-16-41-14-7-9-19-51(41)52)38-55(53)43-24-22-39(23-25-43)45-28-26-44-27-29-47-36-46-15-8-10-20-54(46)57(47)56(44)37-45/h1-35,37-38H,36H2. The normalized spacial score (nSPS) is 11.7. The summed E-state index contributed by atoms with van der Waals surface area (Å²) >= 11 is 0. The van der Waals surface area contributed by atoms with Crippen LogP contribution in [0.2, 0.25) is 0 Å². The molecule has 0 saturated heterocycles. The second-order valence-electron chi connectivity index (χ2n) is 15.3. The molecule has 1 heteroatoms. The minimum Gasteiger partial charge on any atom is -0.310 e. The molecule has 0 aliphatic heterocycles. The molecule has 58 heavy (non-hydrogen) atoms. The zero-order valence-corrected chi connectivity index (χ0v) is 32.0. The Labute approximate surface area is 339 Å². The average molecular weight is 738 g/mol. The molecule has 10 aromatic carbocycles. The number of anilines is 3. The number of hydrogen-bond donors (Lipinski definition) is 0. The van der Waals surface area contributed by atoms with Crippen LogP contribution in [0.5, 0.6) is 0 Å². The summed E-state index contributed by atoms with van der Waals surface area (Å²) in [4.78, 5) is 2.37. The van der Waals surface area contributed by atoms with Gasteiger partial charge >= 0.3 is 0 Å². The van der Waals surface area contributed by atoms with Crippen molar-refractivity contribution >= 4 is 38.6 Å². The third-order valence-corrected chi connectivity index (χ3v) is 11.9. The predicted molar refractivity (Wildman–Crippen MR) is 246 cm³/mol. The molecule has 272 valence electrons. The van der Waals surface area contributed by atoms with E-state index in [9.17, 15) is 0 Å². The zero-order chi connectivity index (χ0) is 38.4. The van der Waals surface area contributed by atoms with Gasteiger partial charge in [0.15, 0.2) is 0 Å². The first kappa shape index (κ1) is 33.8. The van der Waals surface area contributed by atoms with Gasteiger partial charge in [0.25, 0.3) is 0 Å². The van der Waals surface area contributed by atoms with Crippen LogP contribution in [0.4, 0.5) is 17.1 Å². The highest BCUT2D eigenvalue weighted by Gasteiger charge is 2.21. The molecule has 1 aliphatic carbocycles. The van der Waals surface area contributed by atoms with Crippen LogP contribution >= 0.6 is 0 Å². The summed E-state index contributed by atoms with van der Waals surface area (Å²) in [5.74, 6) is 0. The van der Waals surface area contributed by atoms with Crippen LogP contribution in [0.1, 0.15) is 11.1 Å². The minimum atomic E-state index is 1.00. The highest BCUT2D eigenvalue weighted by Crippen LogP contribution is 2.44. The van der Waals surface area contributed by atoms with Gasteiger partial charge in [0, 0.05) is 17.1 Å². The van der Waals surface area contributed by atoms with Crippen molar-refractivity contribution in [2.45, 2.75) is 6.42 Å². The summed E-state index contributed by atoms with van der Waals surface area (Å²) in [6, 6.07) is 82.1. The van der Waals surface area contributed by atoms with E-state index in [0.29, 0.717) is 0 Å². The maximum absolute atomic E-state index is 2.39. The van der Waals surface area contributed by atoms with E-state index < -0.39 is 0 Å². The Morgan fingerprint density at radius 1 is 0.276 bits per heavy atom. The highest BCUT2D eigenvalue weighted by molar-refractivity contribution is 6.03. The molecule has 10 aromatic rings. The van der Waals surface area contributed by atoms with Gasteiger partial charge < -0.3 is 4.90 Å². The van der Waals surface area contributed by atoms with Crippen LogP contribution in [0.3, 0.4) is 0 Å². The van der Waals surface area contributed by atoms with Crippen LogP contribution < -0.4 is 4.90 Å². The van der Waals surface area contributed by atoms with E-state index in [1.54, 1.807) is 0 Å². The first-order valence-corrected chi connectivity index (χ1v) is 20.1. The third kappa shape index (κ3) is 5.97. The molecule has 0 bridgehead atoms. The molecule has 1 nitrogen and oxygen atoms in total. The van der Waals surface area contributed by atoms with E-state index in [0.717, 1.165) is 23.5 Å². The molecule has 0 radical (unpaired) electrons. The van der Waals surface area contributed by atoms with Gasteiger partial charge in [0.2, 0.25) is 0 Å². The smallest absolute Gasteiger partial charge is 0.0468 e. The number of rotatable bonds is 7. The molecule has 0 aromatic heterocycles. The van der Waals surface area contributed by atoms with Gasteiger partial charge in [-0.3, -0.25) is 0 Å². The highest BCUT2D eigenvalue weighted by atomic mass is 15.1. The molecule has 0 atom stereocenters. The maximum atomic E-state index is 2.39. The van der Waals surface area contributed by atoms with E-state index in [4.69, 9.17) is 0 Å². The molecular formula is C57H39N. The lowest BCUT2D eigenvalue weighted by atomic mass is 9.91. The Morgan fingerprint density at radius 3 is 1.69 bits per heavy atom. The second kappa shape index (κ2) is 14.2. The minimum absolute atomic E-state index is 1.00. The summed E-state index contributed by atoms with van der Waals surface area (Å²) in [6.45, 7) is 0. The largest absolute Gasteiger partial charge is 0.310 e. The molecule has 1 aliphatic rings. The fraction of sp³-hybridized carbons (Fsp3) is 0.0175. The van der Waals surface area contributed by atoms with Crippen molar-refractivity contribution in [2.24, 2.45) is 0 Å². The molecule has 0 N–H and O–H groups in total. The summed E-state index contributed by atoms with van der Waals surface area (Å²) in [7, 11) is 0. The van der Waals surface area contributed by atoms with Crippen LogP contribution in [0.15, 0.2) is 224 Å². The van der Waals surface area contributed by atoms with E-state index in [1.165, 1.54) is 88.3 Å². The molecule has 0 unspecified atom stereocenters. The fourth-order valence-corrected chi connectivity index (χ4v) is 9.05. The average Bonchev–Trinajstić information content (AvgIpc) is 3.69. The molecule has 0 saturated carbocycles. The van der Waals surface area contributed by atoms with Crippen molar-refractivity contribution in [1.82, 2.24) is 0 Å². The summed E-state index contributed by atoms with van der Waals surface area (Å²) in [5, 5.41) is 5.13. The SMILES string of the molecule is c1ccc(-c2ccc(N(c3ccccc3)c3ccc(-c4cccc5ccccc45)cc3)cc2-c2ccc(-c3ccc4ccc5c(c4c3)-c3ccccc3C5)cc2)cc1. The van der Waals surface area contributed by atoms with E-state index in [2.05, 4.69) is 229 Å². The number of benzene rings is 10. The van der Waals surface area contributed by atoms with Crippen molar-refractivity contribution in [3.8, 4) is 55.6 Å². The van der Waals surface area contributed by atoms with Crippen molar-refractivity contribution in [3.63, 3.8) is 0 Å². The molecule has 0 spiro atoms. The summed E-state index contributed by atoms with van der Waals surface area (Å²) in [5.41, 5.74) is 18.6. The van der Waals surface area contributed by atoms with Gasteiger partial charge in [0.1, 0.15) is 0 Å². The van der Waals surface area contributed by atoms with E-state index in [-0.39, 0.29) is 0 Å². The van der Waals surface area contributed by atoms with Crippen LogP contribution in [-0.4, -0.2) is 0 Å². The van der Waals surface area contributed by atoms with Gasteiger partial charge in [-0.25, -0.2) is 0 Å². The Bertz CT molecular complexity index is 3100. The maximum Gasteiger partial charge on any atom is 0.0468 e. The molecular weight excluding hydrogens is 699 g/mol. The number of nitrogens with zero attached hydrogens (tertiary/aromatic N) is 1. The molecule has 0 fully saturated rings. The molecule has 0 heterocycles. The monoisotopic (exact) mass is 737 g/mol. The van der Waals surface area contributed by atoms with Crippen molar-refractivity contribution < 1.29 is 0 Å². The van der Waals surface area contributed by atoms with Gasteiger partial charge in [-0.15, -0.1) is 0 Å². The number of para-hydroxylation sites is 1. The molecule has 11 rings (SSSR count). The Hall–Kier alpha value is -7.48. The quantitative estimate of drug-likeness (QED) is 0.157. The van der Waals surface area contributed by atoms with Crippen LogP contribution in [0.25, 0.3) is 77.2 Å². The first-order valence-electron chi connectivity index (χ1n) is 20.1. The number of fused-ring (bicyclic) bond motifs is 6. The lowest BCUT2D eigenvalue weighted by Crippen LogP contribution is -2.10. The zero-order valence-electron chi connectivity index (χ0n) is 32.0. The Kier molecular flexibility index (Phi) is 8.30. The van der Waals surface area contributed by atoms with Crippen LogP contribution in [0, 0.1) is 0 Å². The predicted octanol–water partition coefficient (Wildman–Crippen LogP) is 15.7. The van der Waals surface area contributed by atoms with E-state index in [1.807, 2.05) is 0 Å². The fourth-order valence-electron chi connectivity index (χ4n) is 9.05. The second-order valence-corrected chi connectivity index (χ2v) is 15.3. The summed E-state index contributed by atoms with van der Waals surface area (Å²) < 4.78 is 0. The Balaban J connectivity index is 1.000. The first-order chi connectivity index (χ1) is 28.7. The van der Waals surface area contributed by atoms with Crippen molar-refractivity contribution in [3.05, 3.63) is 236 Å². The van der Waals surface area contributed by atoms with Gasteiger partial charge in [0.05, 0.1) is 0 Å².